The quantitative estimate of drug-likeness (QED) is 0.765. The van der Waals surface area contributed by atoms with Crippen molar-refractivity contribution in [2.45, 2.75) is 6.61 Å². The molecule has 0 spiro atoms. The molecule has 0 unspecified atom stereocenters. The van der Waals surface area contributed by atoms with Gasteiger partial charge in [0.25, 0.3) is 0 Å². The highest BCUT2D eigenvalue weighted by atomic mass is 35.5. The Morgan fingerprint density at radius 2 is 2.23 bits per heavy atom. The van der Waals surface area contributed by atoms with Crippen molar-refractivity contribution in [1.82, 2.24) is 0 Å². The number of aliphatic hydroxyl groups excluding tert-OH is 1. The zero-order valence-corrected chi connectivity index (χ0v) is 8.32. The Morgan fingerprint density at radius 3 is 2.92 bits per heavy atom. The number of hydrogen-bond donors (Lipinski definition) is 2. The van der Waals surface area contributed by atoms with E-state index in [0.29, 0.717) is 10.0 Å². The fourth-order valence-corrected chi connectivity index (χ4v) is 2.70. The van der Waals surface area contributed by atoms with E-state index in [9.17, 15) is 0 Å². The van der Waals surface area contributed by atoms with Crippen LogP contribution in [0.4, 0.5) is 5.00 Å². The third-order valence-corrected chi connectivity index (χ3v) is 3.29. The fourth-order valence-electron chi connectivity index (χ4n) is 1.34. The predicted octanol–water partition coefficient (Wildman–Crippen LogP) is 2.63. The van der Waals surface area contributed by atoms with Crippen molar-refractivity contribution in [2.24, 2.45) is 0 Å². The minimum absolute atomic E-state index is 0.0600. The predicted molar refractivity (Wildman–Crippen MR) is 57.2 cm³/mol. The van der Waals surface area contributed by atoms with Crippen molar-refractivity contribution >= 4 is 38.0 Å². The van der Waals surface area contributed by atoms with Crippen LogP contribution in [0.1, 0.15) is 5.56 Å². The molecule has 0 radical (unpaired) electrons. The van der Waals surface area contributed by atoms with Crippen molar-refractivity contribution < 1.29 is 5.11 Å². The molecule has 0 saturated heterocycles. The highest BCUT2D eigenvalue weighted by molar-refractivity contribution is 7.23. The Hall–Kier alpha value is -0.770. The van der Waals surface area contributed by atoms with Crippen LogP contribution in [0.3, 0.4) is 0 Å². The van der Waals surface area contributed by atoms with Crippen LogP contribution in [0.2, 0.25) is 5.02 Å². The molecule has 2 rings (SSSR count). The van der Waals surface area contributed by atoms with E-state index in [4.69, 9.17) is 22.4 Å². The summed E-state index contributed by atoms with van der Waals surface area (Å²) in [6.07, 6.45) is 0. The lowest BCUT2D eigenvalue weighted by molar-refractivity contribution is 0.284. The van der Waals surface area contributed by atoms with E-state index in [1.807, 2.05) is 12.1 Å². The van der Waals surface area contributed by atoms with E-state index < -0.39 is 0 Å². The normalized spacial score (nSPS) is 10.9. The summed E-state index contributed by atoms with van der Waals surface area (Å²) in [6.45, 7) is -0.0600. The average molecular weight is 214 g/mol. The number of nitrogens with two attached hydrogens (primary N) is 1. The Balaban J connectivity index is 2.88. The van der Waals surface area contributed by atoms with Gasteiger partial charge in [0.15, 0.2) is 0 Å². The Bertz CT molecular complexity index is 452. The first kappa shape index (κ1) is 8.81. The molecule has 1 aromatic heterocycles. The van der Waals surface area contributed by atoms with Crippen molar-refractivity contribution in [3.05, 3.63) is 28.8 Å². The molecule has 4 heteroatoms. The van der Waals surface area contributed by atoms with Crippen LogP contribution in [0.5, 0.6) is 0 Å². The van der Waals surface area contributed by atoms with Gasteiger partial charge >= 0.3 is 0 Å². The van der Waals surface area contributed by atoms with Gasteiger partial charge < -0.3 is 10.8 Å². The fraction of sp³-hybridized carbons (Fsp3) is 0.111. The molecule has 0 bridgehead atoms. The minimum atomic E-state index is -0.0600. The first-order chi connectivity index (χ1) is 6.24. The summed E-state index contributed by atoms with van der Waals surface area (Å²) < 4.78 is 1.02. The van der Waals surface area contributed by atoms with E-state index >= 15 is 0 Å². The molecule has 13 heavy (non-hydrogen) atoms. The molecule has 0 fully saturated rings. The number of aliphatic hydroxyl groups is 1. The lowest BCUT2D eigenvalue weighted by Gasteiger charge is -1.96. The number of anilines is 1. The van der Waals surface area contributed by atoms with Crippen LogP contribution in [0.25, 0.3) is 10.1 Å². The average Bonchev–Trinajstić information content (AvgIpc) is 2.42. The van der Waals surface area contributed by atoms with E-state index in [0.717, 1.165) is 15.6 Å². The molecule has 0 aliphatic rings. The molecule has 1 aromatic carbocycles. The molecule has 68 valence electrons. The second kappa shape index (κ2) is 3.18. The number of fused-ring (bicyclic) bond motifs is 1. The molecule has 1 heterocycles. The summed E-state index contributed by atoms with van der Waals surface area (Å²) in [5.74, 6) is 0. The minimum Gasteiger partial charge on any atom is -0.392 e. The second-order valence-electron chi connectivity index (χ2n) is 2.72. The van der Waals surface area contributed by atoms with E-state index in [2.05, 4.69) is 0 Å². The summed E-state index contributed by atoms with van der Waals surface area (Å²) in [7, 11) is 0. The maximum Gasteiger partial charge on any atom is 0.0925 e. The van der Waals surface area contributed by atoms with E-state index in [1.165, 1.54) is 11.3 Å². The molecule has 2 nitrogen and oxygen atoms in total. The van der Waals surface area contributed by atoms with E-state index in [-0.39, 0.29) is 6.61 Å². The van der Waals surface area contributed by atoms with Gasteiger partial charge in [-0.05, 0) is 12.1 Å². The number of hydrogen-bond acceptors (Lipinski definition) is 3. The monoisotopic (exact) mass is 213 g/mol. The van der Waals surface area contributed by atoms with Crippen LogP contribution in [0.15, 0.2) is 18.2 Å². The molecule has 0 aliphatic heterocycles. The molecule has 0 amide bonds. The Labute approximate surface area is 84.6 Å². The SMILES string of the molecule is Nc1sc2cccc(Cl)c2c1CO. The van der Waals surface area contributed by atoms with Gasteiger partial charge in [0, 0.05) is 20.7 Å². The number of halogens is 1. The van der Waals surface area contributed by atoms with Crippen molar-refractivity contribution in [3.63, 3.8) is 0 Å². The first-order valence-corrected chi connectivity index (χ1v) is 4.99. The molecule has 0 saturated carbocycles. The topological polar surface area (TPSA) is 46.2 Å². The van der Waals surface area contributed by atoms with Gasteiger partial charge in [-0.25, -0.2) is 0 Å². The zero-order valence-electron chi connectivity index (χ0n) is 6.75. The number of thiophene rings is 1. The first-order valence-electron chi connectivity index (χ1n) is 3.80. The molecular formula is C9H8ClNOS. The molecule has 0 atom stereocenters. The second-order valence-corrected chi connectivity index (χ2v) is 4.21. The van der Waals surface area contributed by atoms with Gasteiger partial charge in [-0.2, -0.15) is 0 Å². The van der Waals surface area contributed by atoms with Gasteiger partial charge in [-0.1, -0.05) is 17.7 Å². The highest BCUT2D eigenvalue weighted by Crippen LogP contribution is 2.37. The van der Waals surface area contributed by atoms with Crippen molar-refractivity contribution in [2.75, 3.05) is 5.73 Å². The standard InChI is InChI=1S/C9H8ClNOS/c10-6-2-1-3-7-8(6)5(4-12)9(11)13-7/h1-3,12H,4,11H2. The third kappa shape index (κ3) is 1.29. The summed E-state index contributed by atoms with van der Waals surface area (Å²) in [5.41, 5.74) is 6.47. The van der Waals surface area contributed by atoms with Crippen LogP contribution in [0, 0.1) is 0 Å². The Morgan fingerprint density at radius 1 is 1.46 bits per heavy atom. The summed E-state index contributed by atoms with van der Waals surface area (Å²) in [6, 6.07) is 5.62. The molecule has 2 aromatic rings. The number of benzene rings is 1. The highest BCUT2D eigenvalue weighted by Gasteiger charge is 2.10. The van der Waals surface area contributed by atoms with Crippen LogP contribution in [-0.2, 0) is 6.61 Å². The third-order valence-electron chi connectivity index (χ3n) is 1.95. The molecular weight excluding hydrogens is 206 g/mol. The van der Waals surface area contributed by atoms with Gasteiger partial charge in [0.2, 0.25) is 0 Å². The number of rotatable bonds is 1. The lowest BCUT2D eigenvalue weighted by atomic mass is 10.2. The molecule has 0 aliphatic carbocycles. The van der Waals surface area contributed by atoms with E-state index in [1.54, 1.807) is 6.07 Å². The number of nitrogen functional groups attached to an aromatic ring is 1. The van der Waals surface area contributed by atoms with Gasteiger partial charge in [0.05, 0.1) is 11.6 Å². The zero-order chi connectivity index (χ0) is 9.42. The van der Waals surface area contributed by atoms with Gasteiger partial charge in [-0.3, -0.25) is 0 Å². The summed E-state index contributed by atoms with van der Waals surface area (Å²) in [4.78, 5) is 0. The van der Waals surface area contributed by atoms with Crippen LogP contribution in [-0.4, -0.2) is 5.11 Å². The Kier molecular flexibility index (Phi) is 2.15. The van der Waals surface area contributed by atoms with Crippen LogP contribution < -0.4 is 5.73 Å². The van der Waals surface area contributed by atoms with Crippen molar-refractivity contribution in [3.8, 4) is 0 Å². The maximum absolute atomic E-state index is 9.10. The largest absolute Gasteiger partial charge is 0.392 e. The van der Waals surface area contributed by atoms with Gasteiger partial charge in [-0.15, -0.1) is 11.3 Å². The smallest absolute Gasteiger partial charge is 0.0925 e. The molecule has 3 N–H and O–H groups in total. The summed E-state index contributed by atoms with van der Waals surface area (Å²) in [5, 5.41) is 11.3. The van der Waals surface area contributed by atoms with Crippen molar-refractivity contribution in [1.29, 1.82) is 0 Å². The lowest BCUT2D eigenvalue weighted by Crippen LogP contribution is -1.88. The van der Waals surface area contributed by atoms with Gasteiger partial charge in [0.1, 0.15) is 0 Å². The summed E-state index contributed by atoms with van der Waals surface area (Å²) >= 11 is 7.45. The maximum atomic E-state index is 9.10. The van der Waals surface area contributed by atoms with Crippen LogP contribution >= 0.6 is 22.9 Å².